The zero-order chi connectivity index (χ0) is 21.6. The fraction of sp³-hybridized carbons (Fsp3) is 0.818. The summed E-state index contributed by atoms with van der Waals surface area (Å²) in [5.74, 6) is 2.35. The van der Waals surface area contributed by atoms with Crippen LogP contribution in [0.3, 0.4) is 0 Å². The number of aliphatic hydroxyl groups excluding tert-OH is 1. The van der Waals surface area contributed by atoms with Gasteiger partial charge in [-0.15, -0.1) is 11.8 Å². The van der Waals surface area contributed by atoms with Gasteiger partial charge in [0.15, 0.2) is 0 Å². The average molecular weight is 438 g/mol. The summed E-state index contributed by atoms with van der Waals surface area (Å²) < 4.78 is 11.3. The summed E-state index contributed by atoms with van der Waals surface area (Å²) in [6.07, 6.45) is 4.89. The van der Waals surface area contributed by atoms with E-state index in [9.17, 15) is 9.90 Å². The van der Waals surface area contributed by atoms with E-state index < -0.39 is 5.54 Å². The zero-order valence-electron chi connectivity index (χ0n) is 18.4. The first-order chi connectivity index (χ1) is 14.1. The quantitative estimate of drug-likeness (QED) is 0.562. The molecule has 6 atom stereocenters. The molecule has 1 aromatic rings. The third kappa shape index (κ3) is 4.65. The van der Waals surface area contributed by atoms with Crippen molar-refractivity contribution in [3.8, 4) is 5.88 Å². The van der Waals surface area contributed by atoms with Gasteiger partial charge in [0.05, 0.1) is 6.10 Å². The van der Waals surface area contributed by atoms with Gasteiger partial charge in [0.25, 0.3) is 11.8 Å². The van der Waals surface area contributed by atoms with E-state index in [1.807, 2.05) is 13.8 Å². The van der Waals surface area contributed by atoms with Gasteiger partial charge < -0.3 is 25.4 Å². The molecule has 7 nitrogen and oxygen atoms in total. The Kier molecular flexibility index (Phi) is 6.12. The maximum absolute atomic E-state index is 13.2. The molecule has 0 spiro atoms. The van der Waals surface area contributed by atoms with Crippen LogP contribution >= 0.6 is 11.8 Å². The van der Waals surface area contributed by atoms with Gasteiger partial charge >= 0.3 is 0 Å². The lowest BCUT2D eigenvalue weighted by Crippen LogP contribution is -2.43. The summed E-state index contributed by atoms with van der Waals surface area (Å²) in [5, 5.41) is 17.9. The Morgan fingerprint density at radius 1 is 1.30 bits per heavy atom. The molecule has 0 aliphatic heterocycles. The van der Waals surface area contributed by atoms with Crippen molar-refractivity contribution in [2.24, 2.45) is 29.4 Å². The van der Waals surface area contributed by atoms with Gasteiger partial charge in [0.1, 0.15) is 11.5 Å². The summed E-state index contributed by atoms with van der Waals surface area (Å²) in [6.45, 7) is 8.14. The highest BCUT2D eigenvalue weighted by Crippen LogP contribution is 2.53. The van der Waals surface area contributed by atoms with E-state index in [1.54, 1.807) is 0 Å². The summed E-state index contributed by atoms with van der Waals surface area (Å²) in [4.78, 5) is 13.9. The predicted molar refractivity (Wildman–Crippen MR) is 116 cm³/mol. The minimum absolute atomic E-state index is 0.0943. The van der Waals surface area contributed by atoms with Crippen molar-refractivity contribution in [2.75, 3.05) is 6.61 Å². The van der Waals surface area contributed by atoms with Crippen LogP contribution in [0.1, 0.15) is 70.4 Å². The van der Waals surface area contributed by atoms with Crippen molar-refractivity contribution < 1.29 is 19.2 Å². The SMILES string of the molecule is CC(C)Sc1c(OCC(C)(C)N)noc1C(=O)NC1C2CC3CC(C2)C1C[C@@H](O)C3. The highest BCUT2D eigenvalue weighted by Gasteiger charge is 2.51. The molecule has 3 bridgehead atoms. The zero-order valence-corrected chi connectivity index (χ0v) is 19.2. The molecule has 168 valence electrons. The Hall–Kier alpha value is -1.25. The van der Waals surface area contributed by atoms with Gasteiger partial charge in [-0.1, -0.05) is 13.8 Å². The summed E-state index contributed by atoms with van der Waals surface area (Å²) in [6, 6.07) is 0.0943. The fourth-order valence-electron chi connectivity index (χ4n) is 5.69. The third-order valence-corrected chi connectivity index (χ3v) is 7.73. The van der Waals surface area contributed by atoms with Crippen LogP contribution in [-0.2, 0) is 0 Å². The largest absolute Gasteiger partial charge is 0.473 e. The molecule has 8 heteroatoms. The topological polar surface area (TPSA) is 111 Å². The van der Waals surface area contributed by atoms with Crippen LogP contribution in [-0.4, -0.2) is 45.7 Å². The second kappa shape index (κ2) is 8.36. The minimum atomic E-state index is -0.513. The second-order valence-corrected chi connectivity index (χ2v) is 12.1. The number of fused-ring (bicyclic) bond motifs is 2. The summed E-state index contributed by atoms with van der Waals surface area (Å²) in [7, 11) is 0. The number of ether oxygens (including phenoxy) is 1. The first-order valence-electron chi connectivity index (χ1n) is 11.2. The van der Waals surface area contributed by atoms with Crippen LogP contribution in [0.5, 0.6) is 5.88 Å². The number of carbonyl (C=O) groups excluding carboxylic acids is 1. The van der Waals surface area contributed by atoms with Crippen LogP contribution in [0.4, 0.5) is 0 Å². The molecule has 5 unspecified atom stereocenters. The molecule has 4 rings (SSSR count). The first kappa shape index (κ1) is 22.0. The van der Waals surface area contributed by atoms with Crippen molar-refractivity contribution in [3.05, 3.63) is 5.76 Å². The molecular weight excluding hydrogens is 402 g/mol. The maximum atomic E-state index is 13.2. The Morgan fingerprint density at radius 2 is 2.03 bits per heavy atom. The van der Waals surface area contributed by atoms with E-state index in [4.69, 9.17) is 15.0 Å². The Bertz CT molecular complexity index is 775. The number of aromatic nitrogens is 1. The summed E-state index contributed by atoms with van der Waals surface area (Å²) >= 11 is 1.51. The highest BCUT2D eigenvalue weighted by molar-refractivity contribution is 8.00. The number of hydrogen-bond donors (Lipinski definition) is 3. The van der Waals surface area contributed by atoms with E-state index in [2.05, 4.69) is 24.3 Å². The molecule has 3 fully saturated rings. The van der Waals surface area contributed by atoms with E-state index in [-0.39, 0.29) is 35.7 Å². The molecule has 4 N–H and O–H groups in total. The summed E-state index contributed by atoms with van der Waals surface area (Å²) in [5.41, 5.74) is 5.52. The van der Waals surface area contributed by atoms with Crippen LogP contribution in [0.15, 0.2) is 9.42 Å². The molecule has 3 saturated carbocycles. The molecular formula is C22H35N3O4S. The molecule has 3 aliphatic rings. The van der Waals surface area contributed by atoms with Crippen molar-refractivity contribution in [2.45, 2.75) is 87.6 Å². The number of hydrogen-bond acceptors (Lipinski definition) is 7. The fourth-order valence-corrected chi connectivity index (χ4v) is 6.59. The number of nitrogens with two attached hydrogens (primary N) is 1. The van der Waals surface area contributed by atoms with Crippen LogP contribution < -0.4 is 15.8 Å². The number of carbonyl (C=O) groups is 1. The van der Waals surface area contributed by atoms with E-state index in [1.165, 1.54) is 18.2 Å². The molecule has 0 saturated heterocycles. The van der Waals surface area contributed by atoms with Gasteiger partial charge in [0.2, 0.25) is 5.76 Å². The molecule has 0 radical (unpaired) electrons. The smallest absolute Gasteiger partial charge is 0.291 e. The van der Waals surface area contributed by atoms with Crippen molar-refractivity contribution in [3.63, 3.8) is 0 Å². The predicted octanol–water partition coefficient (Wildman–Crippen LogP) is 3.21. The molecule has 30 heavy (non-hydrogen) atoms. The number of nitrogens with one attached hydrogen (secondary N) is 1. The van der Waals surface area contributed by atoms with E-state index >= 15 is 0 Å². The average Bonchev–Trinajstić information content (AvgIpc) is 3.08. The Labute approximate surface area is 182 Å². The van der Waals surface area contributed by atoms with Gasteiger partial charge in [-0.3, -0.25) is 4.79 Å². The Morgan fingerprint density at radius 3 is 2.73 bits per heavy atom. The van der Waals surface area contributed by atoms with Crippen molar-refractivity contribution >= 4 is 17.7 Å². The number of aliphatic hydroxyl groups is 1. The Balaban J connectivity index is 1.52. The molecule has 1 amide bonds. The lowest BCUT2D eigenvalue weighted by Gasteiger charge is -2.31. The van der Waals surface area contributed by atoms with Gasteiger partial charge in [-0.2, -0.15) is 0 Å². The van der Waals surface area contributed by atoms with Crippen LogP contribution in [0, 0.1) is 23.7 Å². The number of rotatable bonds is 7. The van der Waals surface area contributed by atoms with Gasteiger partial charge in [-0.25, -0.2) is 0 Å². The molecule has 3 aliphatic carbocycles. The van der Waals surface area contributed by atoms with Gasteiger partial charge in [0, 0.05) is 16.8 Å². The third-order valence-electron chi connectivity index (χ3n) is 6.66. The monoisotopic (exact) mass is 437 g/mol. The van der Waals surface area contributed by atoms with Crippen LogP contribution in [0.25, 0.3) is 0 Å². The van der Waals surface area contributed by atoms with Crippen molar-refractivity contribution in [1.82, 2.24) is 10.5 Å². The first-order valence-corrected chi connectivity index (χ1v) is 12.1. The lowest BCUT2D eigenvalue weighted by molar-refractivity contribution is 0.0787. The maximum Gasteiger partial charge on any atom is 0.291 e. The normalized spacial score (nSPS) is 33.0. The van der Waals surface area contributed by atoms with E-state index in [0.717, 1.165) is 25.7 Å². The van der Waals surface area contributed by atoms with Crippen LogP contribution in [0.2, 0.25) is 0 Å². The number of thioether (sulfide) groups is 1. The van der Waals surface area contributed by atoms with Crippen molar-refractivity contribution in [1.29, 1.82) is 0 Å². The molecule has 1 heterocycles. The second-order valence-electron chi connectivity index (χ2n) is 10.5. The number of amides is 1. The lowest BCUT2D eigenvalue weighted by atomic mass is 9.79. The van der Waals surface area contributed by atoms with Gasteiger partial charge in [-0.05, 0) is 74.8 Å². The number of nitrogens with zero attached hydrogens (tertiary/aromatic N) is 1. The van der Waals surface area contributed by atoms with E-state index in [0.29, 0.717) is 34.4 Å². The minimum Gasteiger partial charge on any atom is -0.473 e. The molecule has 1 aromatic heterocycles. The standard InChI is InChI=1S/C22H35N3O4S/c1-11(2)30-19-18(29-25-21(19)28-10-22(3,4)23)20(27)24-17-14-6-12-5-13(8-14)16(17)9-15(26)7-12/h11-17,26H,5-10,23H2,1-4H3,(H,24,27)/t12?,13?,14?,15-,16?,17?/m0/s1. The highest BCUT2D eigenvalue weighted by atomic mass is 32.2. The molecule has 0 aromatic carbocycles.